The van der Waals surface area contributed by atoms with E-state index in [1.165, 1.54) is 17.7 Å². The molecule has 4 rings (SSSR count). The molecule has 164 valence electrons. The van der Waals surface area contributed by atoms with Gasteiger partial charge >= 0.3 is 0 Å². The lowest BCUT2D eigenvalue weighted by atomic mass is 9.94. The molecule has 1 saturated heterocycles. The zero-order chi connectivity index (χ0) is 21.8. The third-order valence-corrected chi connectivity index (χ3v) is 6.36. The number of carbonyl (C=O) groups is 3. The highest BCUT2D eigenvalue weighted by atomic mass is 16.2. The fourth-order valence-corrected chi connectivity index (χ4v) is 4.79. The van der Waals surface area contributed by atoms with E-state index in [9.17, 15) is 14.4 Å². The van der Waals surface area contributed by atoms with Crippen LogP contribution in [0.3, 0.4) is 0 Å². The molecule has 2 aliphatic heterocycles. The predicted molar refractivity (Wildman–Crippen MR) is 121 cm³/mol. The summed E-state index contributed by atoms with van der Waals surface area (Å²) in [7, 11) is 0. The quantitative estimate of drug-likeness (QED) is 0.524. The van der Waals surface area contributed by atoms with Gasteiger partial charge in [-0.05, 0) is 62.2 Å². The van der Waals surface area contributed by atoms with E-state index < -0.39 is 0 Å². The van der Waals surface area contributed by atoms with Crippen molar-refractivity contribution >= 4 is 28.5 Å². The normalized spacial score (nSPS) is 19.1. The van der Waals surface area contributed by atoms with Crippen LogP contribution in [-0.2, 0) is 4.79 Å². The molecule has 2 aromatic rings. The Labute approximate surface area is 183 Å². The van der Waals surface area contributed by atoms with Crippen LogP contribution in [0.1, 0.15) is 59.7 Å². The molecule has 0 spiro atoms. The summed E-state index contributed by atoms with van der Waals surface area (Å²) >= 11 is 0. The summed E-state index contributed by atoms with van der Waals surface area (Å²) in [5.41, 5.74) is 1.12. The molecule has 31 heavy (non-hydrogen) atoms. The highest BCUT2D eigenvalue weighted by Crippen LogP contribution is 2.30. The van der Waals surface area contributed by atoms with Gasteiger partial charge in [0.2, 0.25) is 5.91 Å². The van der Waals surface area contributed by atoms with Gasteiger partial charge in [0.1, 0.15) is 0 Å². The van der Waals surface area contributed by atoms with Crippen LogP contribution in [0.2, 0.25) is 0 Å². The van der Waals surface area contributed by atoms with E-state index in [1.807, 2.05) is 24.3 Å². The van der Waals surface area contributed by atoms with Crippen molar-refractivity contribution in [2.24, 2.45) is 5.92 Å². The van der Waals surface area contributed by atoms with Crippen LogP contribution < -0.4 is 5.32 Å². The molecule has 2 heterocycles. The van der Waals surface area contributed by atoms with Gasteiger partial charge in [0, 0.05) is 42.6 Å². The minimum atomic E-state index is -0.273. The van der Waals surface area contributed by atoms with Gasteiger partial charge in [0.05, 0.1) is 0 Å². The van der Waals surface area contributed by atoms with Crippen molar-refractivity contribution in [1.29, 1.82) is 0 Å². The van der Waals surface area contributed by atoms with Gasteiger partial charge in [-0.25, -0.2) is 0 Å². The van der Waals surface area contributed by atoms with Crippen molar-refractivity contribution in [3.05, 3.63) is 47.5 Å². The van der Waals surface area contributed by atoms with E-state index in [0.717, 1.165) is 42.7 Å². The maximum absolute atomic E-state index is 12.9. The molecule has 0 aromatic heterocycles. The number of nitrogens with one attached hydrogen (secondary N) is 1. The molecule has 2 aromatic carbocycles. The second-order valence-electron chi connectivity index (χ2n) is 8.83. The van der Waals surface area contributed by atoms with E-state index in [4.69, 9.17) is 0 Å². The topological polar surface area (TPSA) is 69.7 Å². The summed E-state index contributed by atoms with van der Waals surface area (Å²) in [5, 5.41) is 4.60. The minimum Gasteiger partial charge on any atom is -0.356 e. The maximum atomic E-state index is 12.9. The number of nitrogens with zero attached hydrogens (tertiary/aromatic N) is 2. The van der Waals surface area contributed by atoms with Crippen molar-refractivity contribution in [3.63, 3.8) is 0 Å². The second kappa shape index (κ2) is 9.60. The van der Waals surface area contributed by atoms with Crippen LogP contribution >= 0.6 is 0 Å². The van der Waals surface area contributed by atoms with Gasteiger partial charge in [-0.15, -0.1) is 0 Å². The Kier molecular flexibility index (Phi) is 6.66. The van der Waals surface area contributed by atoms with E-state index >= 15 is 0 Å². The number of hydrogen-bond acceptors (Lipinski definition) is 4. The molecule has 2 aliphatic rings. The van der Waals surface area contributed by atoms with E-state index in [1.54, 1.807) is 12.1 Å². The number of amides is 3. The first-order valence-corrected chi connectivity index (χ1v) is 11.4. The summed E-state index contributed by atoms with van der Waals surface area (Å²) in [5.74, 6) is 0.199. The number of imide groups is 1. The molecule has 1 unspecified atom stereocenters. The lowest BCUT2D eigenvalue weighted by Crippen LogP contribution is -2.41. The number of rotatable bonds is 8. The van der Waals surface area contributed by atoms with Crippen LogP contribution in [0.25, 0.3) is 10.8 Å². The number of hydrogen-bond donors (Lipinski definition) is 1. The molecule has 0 bridgehead atoms. The predicted octanol–water partition coefficient (Wildman–Crippen LogP) is 3.45. The maximum Gasteiger partial charge on any atom is 0.261 e. The number of likely N-dealkylation sites (tertiary alicyclic amines) is 1. The van der Waals surface area contributed by atoms with Crippen LogP contribution in [0.15, 0.2) is 36.4 Å². The summed E-state index contributed by atoms with van der Waals surface area (Å²) in [4.78, 5) is 41.7. The molecule has 0 saturated carbocycles. The summed E-state index contributed by atoms with van der Waals surface area (Å²) in [6, 6.07) is 11.0. The van der Waals surface area contributed by atoms with Gasteiger partial charge < -0.3 is 10.2 Å². The number of benzene rings is 2. The molecule has 0 aliphatic carbocycles. The Hall–Kier alpha value is -2.73. The third-order valence-electron chi connectivity index (χ3n) is 6.36. The lowest BCUT2D eigenvalue weighted by Gasteiger charge is -2.30. The minimum absolute atomic E-state index is 0.0218. The van der Waals surface area contributed by atoms with E-state index in [2.05, 4.69) is 17.1 Å². The Morgan fingerprint density at radius 2 is 1.74 bits per heavy atom. The molecular formula is C25H31N3O3. The molecule has 1 N–H and O–H groups in total. The van der Waals surface area contributed by atoms with Gasteiger partial charge in [0.15, 0.2) is 0 Å². The average Bonchev–Trinajstić information content (AvgIpc) is 2.77. The lowest BCUT2D eigenvalue weighted by molar-refractivity contribution is -0.121. The Bertz CT molecular complexity index is 936. The highest BCUT2D eigenvalue weighted by molar-refractivity contribution is 6.25. The molecule has 0 radical (unpaired) electrons. The molecule has 1 fully saturated rings. The summed E-state index contributed by atoms with van der Waals surface area (Å²) in [6.45, 7) is 6.55. The van der Waals surface area contributed by atoms with Gasteiger partial charge in [-0.2, -0.15) is 0 Å². The zero-order valence-electron chi connectivity index (χ0n) is 18.2. The average molecular weight is 422 g/mol. The molecule has 3 amide bonds. The monoisotopic (exact) mass is 421 g/mol. The number of carbonyl (C=O) groups excluding carboxylic acids is 3. The Morgan fingerprint density at radius 1 is 1.03 bits per heavy atom. The molecular weight excluding hydrogens is 390 g/mol. The van der Waals surface area contributed by atoms with Crippen LogP contribution in [0, 0.1) is 5.92 Å². The van der Waals surface area contributed by atoms with Gasteiger partial charge in [-0.1, -0.05) is 31.2 Å². The first kappa shape index (κ1) is 21.5. The Balaban J connectivity index is 1.23. The first-order chi connectivity index (χ1) is 15.0. The van der Waals surface area contributed by atoms with Crippen molar-refractivity contribution in [3.8, 4) is 0 Å². The molecule has 1 atom stereocenters. The SMILES string of the molecule is CC1CCCN(CCCNC(=O)CCCN2C(=O)c3cccc4cccc(c34)C2=O)C1. The molecule has 6 nitrogen and oxygen atoms in total. The highest BCUT2D eigenvalue weighted by Gasteiger charge is 2.32. The van der Waals surface area contributed by atoms with E-state index in [0.29, 0.717) is 30.5 Å². The van der Waals surface area contributed by atoms with Crippen molar-refractivity contribution < 1.29 is 14.4 Å². The largest absolute Gasteiger partial charge is 0.356 e. The van der Waals surface area contributed by atoms with Gasteiger partial charge in [0.25, 0.3) is 11.8 Å². The van der Waals surface area contributed by atoms with Crippen molar-refractivity contribution in [1.82, 2.24) is 15.1 Å². The van der Waals surface area contributed by atoms with E-state index in [-0.39, 0.29) is 24.3 Å². The number of piperidine rings is 1. The van der Waals surface area contributed by atoms with Gasteiger partial charge in [-0.3, -0.25) is 19.3 Å². The molecule has 6 heteroatoms. The smallest absolute Gasteiger partial charge is 0.261 e. The van der Waals surface area contributed by atoms with Crippen molar-refractivity contribution in [2.45, 2.75) is 39.0 Å². The van der Waals surface area contributed by atoms with Crippen molar-refractivity contribution in [2.75, 3.05) is 32.7 Å². The van der Waals surface area contributed by atoms with Crippen LogP contribution in [-0.4, -0.2) is 60.2 Å². The van der Waals surface area contributed by atoms with Crippen LogP contribution in [0.5, 0.6) is 0 Å². The summed E-state index contributed by atoms with van der Waals surface area (Å²) in [6.07, 6.45) is 4.30. The fourth-order valence-electron chi connectivity index (χ4n) is 4.79. The zero-order valence-corrected chi connectivity index (χ0v) is 18.2. The Morgan fingerprint density at radius 3 is 2.42 bits per heavy atom. The third kappa shape index (κ3) is 4.79. The fraction of sp³-hybridized carbons (Fsp3) is 0.480. The summed E-state index contributed by atoms with van der Waals surface area (Å²) < 4.78 is 0. The second-order valence-corrected chi connectivity index (χ2v) is 8.83. The standard InChI is InChI=1S/C25H31N3O3/c1-18-7-4-14-27(17-18)15-6-13-26-22(29)12-5-16-28-24(30)20-10-2-8-19-9-3-11-21(23(19)20)25(28)31/h2-3,8-11,18H,4-7,12-17H2,1H3,(H,26,29). The van der Waals surface area contributed by atoms with Crippen LogP contribution in [0.4, 0.5) is 0 Å². The first-order valence-electron chi connectivity index (χ1n) is 11.4.